The maximum Gasteiger partial charge on any atom is 0.224 e. The highest BCUT2D eigenvalue weighted by molar-refractivity contribution is 6.20. The van der Waals surface area contributed by atoms with E-state index in [2.05, 4.69) is 50.2 Å². The maximum absolute atomic E-state index is 13.3. The van der Waals surface area contributed by atoms with Gasteiger partial charge in [-0.05, 0) is 93.4 Å². The van der Waals surface area contributed by atoms with Crippen molar-refractivity contribution in [2.75, 3.05) is 26.2 Å². The smallest absolute Gasteiger partial charge is 0.224 e. The molecular formula is C32H64ClN3O4. The minimum Gasteiger partial charge on any atom is -0.412 e. The Morgan fingerprint density at radius 2 is 1.70 bits per heavy atom. The van der Waals surface area contributed by atoms with Crippen LogP contribution >= 0.6 is 11.6 Å². The number of ether oxygens (including phenoxy) is 1. The van der Waals surface area contributed by atoms with Crippen molar-refractivity contribution < 1.29 is 20.5 Å². The second kappa shape index (κ2) is 17.0. The fraction of sp³-hybridized carbons (Fsp3) is 0.969. The van der Waals surface area contributed by atoms with Gasteiger partial charge in [-0.2, -0.15) is 0 Å². The largest absolute Gasteiger partial charge is 0.412 e. The number of nitrogens with one attached hydrogen (secondary N) is 2. The van der Waals surface area contributed by atoms with E-state index in [4.69, 9.17) is 16.3 Å². The molecule has 5 unspecified atom stereocenters. The van der Waals surface area contributed by atoms with Gasteiger partial charge in [0.2, 0.25) is 5.91 Å². The molecule has 6 atom stereocenters. The normalized spacial score (nSPS) is 35.4. The Labute approximate surface area is 250 Å². The lowest BCUT2D eigenvalue weighted by Crippen LogP contribution is -2.55. The van der Waals surface area contributed by atoms with Crippen molar-refractivity contribution in [3.8, 4) is 0 Å². The van der Waals surface area contributed by atoms with Gasteiger partial charge < -0.3 is 25.9 Å². The van der Waals surface area contributed by atoms with Crippen LogP contribution in [0.15, 0.2) is 0 Å². The Bertz CT molecular complexity index is 723. The third-order valence-electron chi connectivity index (χ3n) is 10.4. The molecule has 2 saturated carbocycles. The number of rotatable bonds is 8. The number of halogens is 1. The summed E-state index contributed by atoms with van der Waals surface area (Å²) in [5, 5.41) is 7.41. The van der Waals surface area contributed by atoms with Crippen LogP contribution in [-0.2, 0) is 9.53 Å². The molecule has 0 bridgehead atoms. The van der Waals surface area contributed by atoms with E-state index in [1.807, 2.05) is 0 Å². The van der Waals surface area contributed by atoms with Crippen LogP contribution in [-0.4, -0.2) is 71.7 Å². The molecule has 40 heavy (non-hydrogen) atoms. The number of likely N-dealkylation sites (tertiary alicyclic amines) is 1. The second-order valence-corrected chi connectivity index (χ2v) is 14.7. The van der Waals surface area contributed by atoms with Crippen LogP contribution in [0.3, 0.4) is 0 Å². The van der Waals surface area contributed by atoms with Crippen molar-refractivity contribution in [3.63, 3.8) is 0 Å². The van der Waals surface area contributed by atoms with Crippen LogP contribution in [0.5, 0.6) is 0 Å². The van der Waals surface area contributed by atoms with Crippen LogP contribution in [0.2, 0.25) is 0 Å². The van der Waals surface area contributed by atoms with Crippen molar-refractivity contribution in [3.05, 3.63) is 0 Å². The van der Waals surface area contributed by atoms with Crippen LogP contribution in [0.25, 0.3) is 0 Å². The lowest BCUT2D eigenvalue weighted by Gasteiger charge is -2.49. The predicted octanol–water partition coefficient (Wildman–Crippen LogP) is 5.18. The molecule has 4 fully saturated rings. The first-order valence-electron chi connectivity index (χ1n) is 15.7. The second-order valence-electron chi connectivity index (χ2n) is 14.1. The van der Waals surface area contributed by atoms with E-state index >= 15 is 0 Å². The Morgan fingerprint density at radius 1 is 1.02 bits per heavy atom. The molecule has 238 valence electrons. The summed E-state index contributed by atoms with van der Waals surface area (Å²) in [6.07, 6.45) is 13.7. The quantitative estimate of drug-likeness (QED) is 0.379. The van der Waals surface area contributed by atoms with Crippen molar-refractivity contribution >= 4 is 17.5 Å². The van der Waals surface area contributed by atoms with E-state index < -0.39 is 0 Å². The minimum absolute atomic E-state index is 0. The molecule has 4 rings (SSSR count). The molecule has 0 aromatic heterocycles. The first-order chi connectivity index (χ1) is 17.6. The first kappa shape index (κ1) is 37.6. The Morgan fingerprint density at radius 3 is 2.27 bits per heavy atom. The van der Waals surface area contributed by atoms with Gasteiger partial charge in [0.25, 0.3) is 0 Å². The molecule has 0 spiro atoms. The zero-order chi connectivity index (χ0) is 26.6. The zero-order valence-corrected chi connectivity index (χ0v) is 26.2. The lowest BCUT2D eigenvalue weighted by molar-refractivity contribution is -0.130. The highest BCUT2D eigenvalue weighted by Gasteiger charge is 2.42. The topological polar surface area (TPSA) is 117 Å². The van der Waals surface area contributed by atoms with Gasteiger partial charge in [-0.25, -0.2) is 0 Å². The number of hydrogen-bond donors (Lipinski definition) is 2. The predicted molar refractivity (Wildman–Crippen MR) is 168 cm³/mol. The molecule has 0 aromatic carbocycles. The summed E-state index contributed by atoms with van der Waals surface area (Å²) >= 11 is 6.40. The number of nitrogens with zero attached hydrogens (tertiary/aromatic N) is 1. The molecule has 2 aliphatic heterocycles. The van der Waals surface area contributed by atoms with Crippen LogP contribution in [0.1, 0.15) is 113 Å². The number of carbonyl (C=O) groups excluding carboxylic acids is 1. The molecule has 0 radical (unpaired) electrons. The van der Waals surface area contributed by atoms with Crippen molar-refractivity contribution in [2.45, 2.75) is 136 Å². The highest BCUT2D eigenvalue weighted by Crippen LogP contribution is 2.45. The molecule has 0 aromatic rings. The Hall–Kier alpha value is -0.440. The van der Waals surface area contributed by atoms with Crippen LogP contribution in [0, 0.1) is 35.0 Å². The molecular weight excluding hydrogens is 526 g/mol. The average molecular weight is 590 g/mol. The summed E-state index contributed by atoms with van der Waals surface area (Å²) in [4.78, 5) is 15.9. The molecule has 2 saturated heterocycles. The molecule has 8 heteroatoms. The number of hydrogen-bond acceptors (Lipinski definition) is 4. The van der Waals surface area contributed by atoms with Crippen molar-refractivity contribution in [2.24, 2.45) is 35.0 Å². The van der Waals surface area contributed by atoms with E-state index in [1.54, 1.807) is 0 Å². The molecule has 2 heterocycles. The van der Waals surface area contributed by atoms with Crippen LogP contribution in [0.4, 0.5) is 0 Å². The summed E-state index contributed by atoms with van der Waals surface area (Å²) in [6.45, 7) is 15.7. The molecule has 2 aliphatic carbocycles. The zero-order valence-electron chi connectivity index (χ0n) is 25.4. The van der Waals surface area contributed by atoms with Gasteiger partial charge in [-0.15, -0.1) is 11.6 Å². The van der Waals surface area contributed by atoms with Gasteiger partial charge >= 0.3 is 0 Å². The van der Waals surface area contributed by atoms with E-state index in [9.17, 15) is 4.79 Å². The maximum atomic E-state index is 13.3. The summed E-state index contributed by atoms with van der Waals surface area (Å²) < 4.78 is 6.41. The van der Waals surface area contributed by atoms with Gasteiger partial charge in [-0.3, -0.25) is 10.1 Å². The minimum atomic E-state index is 0. The van der Waals surface area contributed by atoms with E-state index in [0.29, 0.717) is 28.7 Å². The summed E-state index contributed by atoms with van der Waals surface area (Å²) in [6, 6.07) is 0.198. The fourth-order valence-corrected chi connectivity index (χ4v) is 8.12. The molecule has 1 amide bonds. The van der Waals surface area contributed by atoms with Gasteiger partial charge in [-0.1, -0.05) is 54.9 Å². The highest BCUT2D eigenvalue weighted by atomic mass is 35.5. The van der Waals surface area contributed by atoms with E-state index in [1.165, 1.54) is 57.8 Å². The number of carbonyl (C=O) groups is 1. The number of alkyl halides is 1. The van der Waals surface area contributed by atoms with Gasteiger partial charge in [0.1, 0.15) is 6.23 Å². The van der Waals surface area contributed by atoms with E-state index in [-0.39, 0.29) is 42.5 Å². The lowest BCUT2D eigenvalue weighted by atomic mass is 9.64. The molecule has 6 N–H and O–H groups in total. The van der Waals surface area contributed by atoms with Crippen molar-refractivity contribution in [1.29, 1.82) is 0 Å². The third-order valence-corrected chi connectivity index (χ3v) is 10.8. The first-order valence-corrected chi connectivity index (χ1v) is 16.1. The van der Waals surface area contributed by atoms with Crippen molar-refractivity contribution in [1.82, 2.24) is 15.5 Å². The standard InChI is InChI=1S/C31H56ClN3O2.CH4.2H2O/c1-21(2)27(19-35-17-16-26(31(4,5)20-35)23-10-13-25(32)14-11-23)34-30(36)24-12-15-29(33-18-24)37-28-9-7-6-8-22(28)3;;;/h21-29,33H,6-20H2,1-5H3,(H,34,36);1H4;2*1H2/t22?,23?,24?,25?,26?,27-,28?,29?;;;/m0.../s1. The fourth-order valence-electron chi connectivity index (χ4n) is 7.86. The number of piperidine rings is 2. The van der Waals surface area contributed by atoms with Crippen LogP contribution < -0.4 is 10.6 Å². The van der Waals surface area contributed by atoms with Gasteiger partial charge in [0.15, 0.2) is 0 Å². The number of amides is 1. The van der Waals surface area contributed by atoms with Gasteiger partial charge in [0.05, 0.1) is 12.0 Å². The Balaban J connectivity index is 0.00000267. The molecule has 4 aliphatic rings. The monoisotopic (exact) mass is 589 g/mol. The Kier molecular flexibility index (Phi) is 16.0. The molecule has 7 nitrogen and oxygen atoms in total. The average Bonchev–Trinajstić information content (AvgIpc) is 2.86. The summed E-state index contributed by atoms with van der Waals surface area (Å²) in [5.74, 6) is 2.97. The summed E-state index contributed by atoms with van der Waals surface area (Å²) in [5.41, 5.74) is 0.311. The van der Waals surface area contributed by atoms with E-state index in [0.717, 1.165) is 50.9 Å². The van der Waals surface area contributed by atoms with Gasteiger partial charge in [0, 0.05) is 31.1 Å². The SMILES string of the molecule is C.CC1CCCCC1OC1CCC(C(=O)N[C@@H](CN2CCC(C3CCC(Cl)CC3)C(C)(C)C2)C(C)C)CN1.O.O. The summed E-state index contributed by atoms with van der Waals surface area (Å²) in [7, 11) is 0. The third kappa shape index (κ3) is 10.1.